The van der Waals surface area contributed by atoms with Gasteiger partial charge in [0.2, 0.25) is 0 Å². The average Bonchev–Trinajstić information content (AvgIpc) is 2.38. The Bertz CT molecular complexity index is 580. The first-order valence-corrected chi connectivity index (χ1v) is 7.15. The van der Waals surface area contributed by atoms with Crippen molar-refractivity contribution in [3.63, 3.8) is 0 Å². The summed E-state index contributed by atoms with van der Waals surface area (Å²) in [5.74, 6) is -0.103. The Hall–Kier alpha value is -1.55. The first-order chi connectivity index (χ1) is 9.22. The Balaban J connectivity index is 1.88. The fraction of sp³-hybridized carbons (Fsp3) is 0.200. The van der Waals surface area contributed by atoms with E-state index < -0.39 is 11.6 Å². The number of benzene rings is 2. The van der Waals surface area contributed by atoms with E-state index in [4.69, 9.17) is 0 Å². The molecule has 0 radical (unpaired) electrons. The van der Waals surface area contributed by atoms with Crippen molar-refractivity contribution in [2.75, 3.05) is 11.1 Å². The van der Waals surface area contributed by atoms with Crippen LogP contribution < -0.4 is 5.32 Å². The molecule has 0 saturated heterocycles. The number of rotatable bonds is 2. The van der Waals surface area contributed by atoms with Crippen molar-refractivity contribution in [1.82, 2.24) is 0 Å². The van der Waals surface area contributed by atoms with Crippen LogP contribution in [0.15, 0.2) is 47.4 Å². The molecule has 0 bridgehead atoms. The molecule has 0 aliphatic carbocycles. The molecule has 3 rings (SSSR count). The lowest BCUT2D eigenvalue weighted by Gasteiger charge is -2.26. The van der Waals surface area contributed by atoms with E-state index in [1.165, 1.54) is 22.6 Å². The van der Waals surface area contributed by atoms with E-state index in [0.29, 0.717) is 5.69 Å². The third-order valence-corrected chi connectivity index (χ3v) is 4.28. The molecule has 1 N–H and O–H groups in total. The maximum atomic E-state index is 13.2. The van der Waals surface area contributed by atoms with Crippen LogP contribution in [0.4, 0.5) is 14.5 Å². The molecular weight excluding hydrogens is 264 g/mol. The number of fused-ring (bicyclic) bond motifs is 1. The van der Waals surface area contributed by atoms with Gasteiger partial charge in [0, 0.05) is 22.4 Å². The Labute approximate surface area is 115 Å². The number of hydrogen-bond acceptors (Lipinski definition) is 2. The predicted molar refractivity (Wildman–Crippen MR) is 74.5 cm³/mol. The molecule has 2 aromatic carbocycles. The Kier molecular flexibility index (Phi) is 3.42. The zero-order valence-corrected chi connectivity index (χ0v) is 11.0. The molecule has 0 saturated carbocycles. The monoisotopic (exact) mass is 277 g/mol. The van der Waals surface area contributed by atoms with Crippen LogP contribution in [0.25, 0.3) is 0 Å². The van der Waals surface area contributed by atoms with Gasteiger partial charge in [-0.25, -0.2) is 8.78 Å². The smallest absolute Gasteiger partial charge is 0.128 e. The highest BCUT2D eigenvalue weighted by Crippen LogP contribution is 2.37. The summed E-state index contributed by atoms with van der Waals surface area (Å²) in [5.41, 5.74) is 1.69. The first kappa shape index (κ1) is 12.5. The molecule has 1 heterocycles. The predicted octanol–water partition coefficient (Wildman–Crippen LogP) is 4.61. The number of halogens is 2. The highest BCUT2D eigenvalue weighted by atomic mass is 32.2. The molecule has 4 heteroatoms. The van der Waals surface area contributed by atoms with Gasteiger partial charge in [-0.2, -0.15) is 0 Å². The van der Waals surface area contributed by atoms with Gasteiger partial charge in [0.15, 0.2) is 0 Å². The van der Waals surface area contributed by atoms with Crippen molar-refractivity contribution in [2.45, 2.75) is 17.4 Å². The van der Waals surface area contributed by atoms with Gasteiger partial charge in [0.25, 0.3) is 0 Å². The molecule has 0 spiro atoms. The molecule has 1 unspecified atom stereocenters. The maximum absolute atomic E-state index is 13.2. The van der Waals surface area contributed by atoms with E-state index >= 15 is 0 Å². The van der Waals surface area contributed by atoms with Crippen LogP contribution in [0, 0.1) is 11.6 Å². The molecule has 2 aromatic rings. The van der Waals surface area contributed by atoms with Gasteiger partial charge in [0.05, 0.1) is 6.04 Å². The summed E-state index contributed by atoms with van der Waals surface area (Å²) in [5, 5.41) is 3.23. The van der Waals surface area contributed by atoms with Crippen molar-refractivity contribution in [3.8, 4) is 0 Å². The highest BCUT2D eigenvalue weighted by molar-refractivity contribution is 7.99. The summed E-state index contributed by atoms with van der Waals surface area (Å²) in [7, 11) is 0. The van der Waals surface area contributed by atoms with Crippen LogP contribution in [0.5, 0.6) is 0 Å². The quantitative estimate of drug-likeness (QED) is 0.860. The fourth-order valence-electron chi connectivity index (χ4n) is 2.33. The molecule has 0 amide bonds. The molecule has 0 fully saturated rings. The summed E-state index contributed by atoms with van der Waals surface area (Å²) >= 11 is 1.82. The van der Waals surface area contributed by atoms with Crippen molar-refractivity contribution in [3.05, 3.63) is 59.7 Å². The fourth-order valence-corrected chi connectivity index (χ4v) is 3.46. The molecule has 98 valence electrons. The van der Waals surface area contributed by atoms with E-state index in [-0.39, 0.29) is 6.04 Å². The minimum atomic E-state index is -0.555. The second kappa shape index (κ2) is 5.21. The van der Waals surface area contributed by atoms with Crippen LogP contribution in [0.2, 0.25) is 0 Å². The molecular formula is C15H13F2NS. The van der Waals surface area contributed by atoms with E-state index in [1.54, 1.807) is 0 Å². The topological polar surface area (TPSA) is 12.0 Å². The second-order valence-corrected chi connectivity index (χ2v) is 5.67. The van der Waals surface area contributed by atoms with Crippen LogP contribution in [-0.2, 0) is 0 Å². The minimum absolute atomic E-state index is 0.110. The van der Waals surface area contributed by atoms with Gasteiger partial charge in [-0.05, 0) is 30.2 Å². The third-order valence-electron chi connectivity index (χ3n) is 3.16. The van der Waals surface area contributed by atoms with Crippen molar-refractivity contribution < 1.29 is 8.78 Å². The van der Waals surface area contributed by atoms with E-state index in [2.05, 4.69) is 17.4 Å². The second-order valence-electron chi connectivity index (χ2n) is 4.53. The first-order valence-electron chi connectivity index (χ1n) is 6.17. The van der Waals surface area contributed by atoms with Gasteiger partial charge >= 0.3 is 0 Å². The summed E-state index contributed by atoms with van der Waals surface area (Å²) in [6, 6.07) is 11.8. The van der Waals surface area contributed by atoms with Gasteiger partial charge in [-0.3, -0.25) is 0 Å². The Morgan fingerprint density at radius 2 is 1.79 bits per heavy atom. The highest BCUT2D eigenvalue weighted by Gasteiger charge is 2.20. The van der Waals surface area contributed by atoms with Crippen LogP contribution in [0.3, 0.4) is 0 Å². The van der Waals surface area contributed by atoms with Crippen molar-refractivity contribution in [2.24, 2.45) is 0 Å². The summed E-state index contributed by atoms with van der Waals surface area (Å²) < 4.78 is 26.4. The van der Waals surface area contributed by atoms with Crippen LogP contribution >= 0.6 is 11.8 Å². The number of thioether (sulfide) groups is 1. The number of hydrogen-bond donors (Lipinski definition) is 1. The average molecular weight is 277 g/mol. The normalized spacial score (nSPS) is 17.9. The summed E-state index contributed by atoms with van der Waals surface area (Å²) in [6.45, 7) is 0. The van der Waals surface area contributed by atoms with Gasteiger partial charge in [-0.15, -0.1) is 11.8 Å². The van der Waals surface area contributed by atoms with E-state index in [0.717, 1.165) is 18.2 Å². The van der Waals surface area contributed by atoms with Crippen molar-refractivity contribution in [1.29, 1.82) is 0 Å². The zero-order valence-electron chi connectivity index (χ0n) is 10.2. The van der Waals surface area contributed by atoms with Gasteiger partial charge in [-0.1, -0.05) is 18.2 Å². The van der Waals surface area contributed by atoms with Gasteiger partial charge < -0.3 is 5.32 Å². The number of nitrogens with one attached hydrogen (secondary N) is 1. The van der Waals surface area contributed by atoms with Crippen molar-refractivity contribution >= 4 is 17.4 Å². The van der Waals surface area contributed by atoms with Crippen LogP contribution in [0.1, 0.15) is 18.0 Å². The molecule has 1 aliphatic rings. The SMILES string of the molecule is Fc1cc(F)cc(NC2CCSc3ccccc32)c1. The molecule has 0 aromatic heterocycles. The van der Waals surface area contributed by atoms with E-state index in [1.807, 2.05) is 23.9 Å². The molecule has 19 heavy (non-hydrogen) atoms. The largest absolute Gasteiger partial charge is 0.378 e. The van der Waals surface area contributed by atoms with Crippen LogP contribution in [-0.4, -0.2) is 5.75 Å². The Morgan fingerprint density at radius 1 is 1.05 bits per heavy atom. The minimum Gasteiger partial charge on any atom is -0.378 e. The summed E-state index contributed by atoms with van der Waals surface area (Å²) in [4.78, 5) is 1.24. The molecule has 1 atom stereocenters. The summed E-state index contributed by atoms with van der Waals surface area (Å²) in [6.07, 6.45) is 0.944. The molecule has 1 aliphatic heterocycles. The van der Waals surface area contributed by atoms with Gasteiger partial charge in [0.1, 0.15) is 11.6 Å². The lowest BCUT2D eigenvalue weighted by molar-refractivity contribution is 0.583. The standard InChI is InChI=1S/C15H13F2NS/c16-10-7-11(17)9-12(8-10)18-14-5-6-19-15-4-2-1-3-13(14)15/h1-4,7-9,14,18H,5-6H2. The lowest BCUT2D eigenvalue weighted by atomic mass is 10.0. The zero-order chi connectivity index (χ0) is 13.2. The Morgan fingerprint density at radius 3 is 2.58 bits per heavy atom. The third kappa shape index (κ3) is 2.73. The lowest BCUT2D eigenvalue weighted by Crippen LogP contribution is -2.16. The maximum Gasteiger partial charge on any atom is 0.128 e. The van der Waals surface area contributed by atoms with E-state index in [9.17, 15) is 8.78 Å². The number of anilines is 1. The molecule has 1 nitrogen and oxygen atoms in total.